The number of ether oxygens (including phenoxy) is 1. The third-order valence-electron chi connectivity index (χ3n) is 3.14. The molecule has 0 aliphatic heterocycles. The molecule has 1 rings (SSSR count). The highest BCUT2D eigenvalue weighted by Crippen LogP contribution is 2.16. The van der Waals surface area contributed by atoms with Gasteiger partial charge in [0, 0.05) is 12.6 Å². The number of hydrogen-bond donors (Lipinski definition) is 1. The standard InChI is InChI=1S/C15H26N2O/c1-12(2)9-10-17(3)11-15(16)13-5-7-14(18-4)8-6-13/h5-8,12,15H,9-11,16H2,1-4H3. The maximum atomic E-state index is 6.21. The Hall–Kier alpha value is -1.06. The van der Waals surface area contributed by atoms with Crippen LogP contribution in [-0.2, 0) is 0 Å². The van der Waals surface area contributed by atoms with E-state index in [1.54, 1.807) is 7.11 Å². The topological polar surface area (TPSA) is 38.5 Å². The molecule has 0 heterocycles. The summed E-state index contributed by atoms with van der Waals surface area (Å²) in [6.45, 7) is 6.48. The highest BCUT2D eigenvalue weighted by molar-refractivity contribution is 5.29. The van der Waals surface area contributed by atoms with E-state index in [1.165, 1.54) is 6.42 Å². The minimum Gasteiger partial charge on any atom is -0.497 e. The molecule has 0 radical (unpaired) electrons. The Morgan fingerprint density at radius 2 is 1.83 bits per heavy atom. The average molecular weight is 250 g/mol. The summed E-state index contributed by atoms with van der Waals surface area (Å²) < 4.78 is 5.14. The quantitative estimate of drug-likeness (QED) is 0.808. The number of nitrogens with zero attached hydrogens (tertiary/aromatic N) is 1. The van der Waals surface area contributed by atoms with Crippen LogP contribution in [0.3, 0.4) is 0 Å². The van der Waals surface area contributed by atoms with E-state index in [0.717, 1.165) is 30.3 Å². The molecule has 0 aliphatic carbocycles. The van der Waals surface area contributed by atoms with Gasteiger partial charge in [-0.1, -0.05) is 26.0 Å². The largest absolute Gasteiger partial charge is 0.497 e. The minimum atomic E-state index is 0.0630. The van der Waals surface area contributed by atoms with E-state index < -0.39 is 0 Å². The van der Waals surface area contributed by atoms with Crippen molar-refractivity contribution in [3.05, 3.63) is 29.8 Å². The molecule has 1 aromatic carbocycles. The van der Waals surface area contributed by atoms with E-state index in [9.17, 15) is 0 Å². The number of hydrogen-bond acceptors (Lipinski definition) is 3. The van der Waals surface area contributed by atoms with Gasteiger partial charge in [-0.2, -0.15) is 0 Å². The van der Waals surface area contributed by atoms with Crippen molar-refractivity contribution in [1.82, 2.24) is 4.90 Å². The summed E-state index contributed by atoms with van der Waals surface area (Å²) >= 11 is 0. The zero-order chi connectivity index (χ0) is 13.5. The fraction of sp³-hybridized carbons (Fsp3) is 0.600. The van der Waals surface area contributed by atoms with Crippen molar-refractivity contribution in [2.45, 2.75) is 26.3 Å². The SMILES string of the molecule is COc1ccc(C(N)CN(C)CCC(C)C)cc1. The number of methoxy groups -OCH3 is 1. The molecular formula is C15H26N2O. The van der Waals surface area contributed by atoms with Crippen LogP contribution in [0.25, 0.3) is 0 Å². The molecule has 18 heavy (non-hydrogen) atoms. The summed E-state index contributed by atoms with van der Waals surface area (Å²) in [6.07, 6.45) is 1.21. The number of rotatable bonds is 7. The van der Waals surface area contributed by atoms with Gasteiger partial charge in [-0.05, 0) is 43.6 Å². The lowest BCUT2D eigenvalue weighted by atomic mass is 10.1. The normalized spacial score (nSPS) is 13.1. The van der Waals surface area contributed by atoms with Crippen LogP contribution < -0.4 is 10.5 Å². The van der Waals surface area contributed by atoms with E-state index in [-0.39, 0.29) is 6.04 Å². The highest BCUT2D eigenvalue weighted by atomic mass is 16.5. The number of nitrogens with two attached hydrogens (primary N) is 1. The lowest BCUT2D eigenvalue weighted by Crippen LogP contribution is -2.30. The highest BCUT2D eigenvalue weighted by Gasteiger charge is 2.09. The molecular weight excluding hydrogens is 224 g/mol. The lowest BCUT2D eigenvalue weighted by molar-refractivity contribution is 0.292. The zero-order valence-electron chi connectivity index (χ0n) is 12.0. The monoisotopic (exact) mass is 250 g/mol. The first-order valence-corrected chi connectivity index (χ1v) is 6.61. The summed E-state index contributed by atoms with van der Waals surface area (Å²) in [5.41, 5.74) is 7.37. The maximum Gasteiger partial charge on any atom is 0.118 e. The first-order chi connectivity index (χ1) is 8.52. The molecule has 0 amide bonds. The third-order valence-corrected chi connectivity index (χ3v) is 3.14. The van der Waals surface area contributed by atoms with Gasteiger partial charge in [0.05, 0.1) is 7.11 Å². The van der Waals surface area contributed by atoms with Gasteiger partial charge in [0.15, 0.2) is 0 Å². The Labute approximate surface area is 111 Å². The molecule has 1 aromatic rings. The van der Waals surface area contributed by atoms with E-state index >= 15 is 0 Å². The van der Waals surface area contributed by atoms with Crippen molar-refractivity contribution < 1.29 is 4.74 Å². The fourth-order valence-corrected chi connectivity index (χ4v) is 1.86. The molecule has 3 heteroatoms. The first kappa shape index (κ1) is 15.0. The van der Waals surface area contributed by atoms with Crippen LogP contribution in [0, 0.1) is 5.92 Å². The van der Waals surface area contributed by atoms with E-state index in [0.29, 0.717) is 0 Å². The summed E-state index contributed by atoms with van der Waals surface area (Å²) in [5, 5.41) is 0. The molecule has 0 aliphatic rings. The maximum absolute atomic E-state index is 6.21. The van der Waals surface area contributed by atoms with Crippen LogP contribution >= 0.6 is 0 Å². The van der Waals surface area contributed by atoms with Crippen molar-refractivity contribution in [3.8, 4) is 5.75 Å². The van der Waals surface area contributed by atoms with Crippen LogP contribution in [0.15, 0.2) is 24.3 Å². The average Bonchev–Trinajstić information content (AvgIpc) is 2.36. The second kappa shape index (κ2) is 7.39. The molecule has 0 fully saturated rings. The first-order valence-electron chi connectivity index (χ1n) is 6.61. The molecule has 0 saturated heterocycles. The predicted octanol–water partition coefficient (Wildman–Crippen LogP) is 2.67. The van der Waals surface area contributed by atoms with E-state index in [2.05, 4.69) is 25.8 Å². The zero-order valence-corrected chi connectivity index (χ0v) is 12.0. The Balaban J connectivity index is 2.45. The molecule has 1 atom stereocenters. The Bertz CT molecular complexity index is 335. The second-order valence-electron chi connectivity index (χ2n) is 5.32. The van der Waals surface area contributed by atoms with Crippen molar-refractivity contribution in [1.29, 1.82) is 0 Å². The second-order valence-corrected chi connectivity index (χ2v) is 5.32. The van der Waals surface area contributed by atoms with Crippen molar-refractivity contribution in [2.24, 2.45) is 11.7 Å². The molecule has 0 aromatic heterocycles. The molecule has 0 bridgehead atoms. The van der Waals surface area contributed by atoms with Gasteiger partial charge >= 0.3 is 0 Å². The van der Waals surface area contributed by atoms with Gasteiger partial charge in [0.25, 0.3) is 0 Å². The van der Waals surface area contributed by atoms with Crippen LogP contribution in [-0.4, -0.2) is 32.1 Å². The molecule has 2 N–H and O–H groups in total. The van der Waals surface area contributed by atoms with E-state index in [1.807, 2.05) is 24.3 Å². The summed E-state index contributed by atoms with van der Waals surface area (Å²) in [6, 6.07) is 8.07. The van der Waals surface area contributed by atoms with Gasteiger partial charge in [-0.25, -0.2) is 0 Å². The number of likely N-dealkylation sites (N-methyl/N-ethyl adjacent to an activating group) is 1. The van der Waals surface area contributed by atoms with Crippen LogP contribution in [0.2, 0.25) is 0 Å². The van der Waals surface area contributed by atoms with Crippen LogP contribution in [0.4, 0.5) is 0 Å². The summed E-state index contributed by atoms with van der Waals surface area (Å²) in [7, 11) is 3.81. The fourth-order valence-electron chi connectivity index (χ4n) is 1.86. The Kier molecular flexibility index (Phi) is 6.16. The van der Waals surface area contributed by atoms with Gasteiger partial charge in [-0.3, -0.25) is 0 Å². The lowest BCUT2D eigenvalue weighted by Gasteiger charge is -2.22. The molecule has 102 valence electrons. The van der Waals surface area contributed by atoms with Crippen molar-refractivity contribution >= 4 is 0 Å². The van der Waals surface area contributed by atoms with E-state index in [4.69, 9.17) is 10.5 Å². The Morgan fingerprint density at radius 3 is 2.33 bits per heavy atom. The molecule has 0 spiro atoms. The third kappa shape index (κ3) is 5.07. The van der Waals surface area contributed by atoms with Crippen molar-refractivity contribution in [3.63, 3.8) is 0 Å². The Morgan fingerprint density at radius 1 is 1.22 bits per heavy atom. The minimum absolute atomic E-state index is 0.0630. The summed E-state index contributed by atoms with van der Waals surface area (Å²) in [4.78, 5) is 2.30. The van der Waals surface area contributed by atoms with Gasteiger partial charge < -0.3 is 15.4 Å². The van der Waals surface area contributed by atoms with Gasteiger partial charge in [-0.15, -0.1) is 0 Å². The van der Waals surface area contributed by atoms with Gasteiger partial charge in [0.2, 0.25) is 0 Å². The molecule has 1 unspecified atom stereocenters. The number of benzene rings is 1. The summed E-state index contributed by atoms with van der Waals surface area (Å²) in [5.74, 6) is 1.61. The molecule has 3 nitrogen and oxygen atoms in total. The molecule has 0 saturated carbocycles. The van der Waals surface area contributed by atoms with Crippen molar-refractivity contribution in [2.75, 3.05) is 27.2 Å². The predicted molar refractivity (Wildman–Crippen MR) is 76.9 cm³/mol. The van der Waals surface area contributed by atoms with Crippen LogP contribution in [0.1, 0.15) is 31.9 Å². The van der Waals surface area contributed by atoms with Crippen LogP contribution in [0.5, 0.6) is 5.75 Å². The van der Waals surface area contributed by atoms with Gasteiger partial charge in [0.1, 0.15) is 5.75 Å². The smallest absolute Gasteiger partial charge is 0.118 e.